The number of hydrogen-bond acceptors (Lipinski definition) is 3. The Balaban J connectivity index is 1.67. The monoisotopic (exact) mass is 491 g/mol. The average molecular weight is 492 g/mol. The fourth-order valence-corrected chi connectivity index (χ4v) is 4.74. The third-order valence-corrected chi connectivity index (χ3v) is 6.49. The van der Waals surface area contributed by atoms with Gasteiger partial charge in [0.25, 0.3) is 5.91 Å². The molecular weight excluding hydrogens is 462 g/mol. The Bertz CT molecular complexity index is 1290. The van der Waals surface area contributed by atoms with Gasteiger partial charge in [0, 0.05) is 28.1 Å². The van der Waals surface area contributed by atoms with E-state index in [4.69, 9.17) is 11.6 Å². The highest BCUT2D eigenvalue weighted by atomic mass is 35.5. The van der Waals surface area contributed by atoms with E-state index in [-0.39, 0.29) is 30.8 Å². The van der Waals surface area contributed by atoms with E-state index in [0.717, 1.165) is 16.3 Å². The Hall–Kier alpha value is -3.38. The fourth-order valence-electron chi connectivity index (χ4n) is 4.54. The highest BCUT2D eigenvalue weighted by molar-refractivity contribution is 6.31. The van der Waals surface area contributed by atoms with Gasteiger partial charge in [-0.2, -0.15) is 0 Å². The molecule has 0 aliphatic carbocycles. The predicted molar refractivity (Wildman–Crippen MR) is 140 cm³/mol. The number of amides is 3. The van der Waals surface area contributed by atoms with Crippen LogP contribution in [0.2, 0.25) is 5.02 Å². The van der Waals surface area contributed by atoms with Crippen LogP contribution in [0, 0.1) is 0 Å². The summed E-state index contributed by atoms with van der Waals surface area (Å²) < 4.78 is 0. The topological polar surface area (TPSA) is 69.7 Å². The van der Waals surface area contributed by atoms with E-state index in [1.54, 1.807) is 17.0 Å². The Labute approximate surface area is 210 Å². The summed E-state index contributed by atoms with van der Waals surface area (Å²) in [4.78, 5) is 43.3. The number of carbonyl (C=O) groups excluding carboxylic acids is 3. The van der Waals surface area contributed by atoms with E-state index in [2.05, 4.69) is 5.32 Å². The van der Waals surface area contributed by atoms with Gasteiger partial charge in [0.2, 0.25) is 11.8 Å². The van der Waals surface area contributed by atoms with Crippen molar-refractivity contribution in [1.82, 2.24) is 10.2 Å². The first-order valence-electron chi connectivity index (χ1n) is 11.8. The molecule has 0 radical (unpaired) electrons. The number of hydrogen-bond donors (Lipinski definition) is 1. The maximum atomic E-state index is 13.8. The molecule has 182 valence electrons. The summed E-state index contributed by atoms with van der Waals surface area (Å²) in [6.07, 6.45) is 0.419. The molecule has 7 heteroatoms. The number of nitrogens with one attached hydrogen (secondary N) is 1. The molecule has 1 heterocycles. The SMILES string of the molecule is CC[C@@H](C(=O)NC(C)(C)C)N(Cc1ccccc1Cl)C(=O)CN1C(=O)c2cccc3cccc1c23. The van der Waals surface area contributed by atoms with Crippen LogP contribution in [0.25, 0.3) is 10.8 Å². The van der Waals surface area contributed by atoms with Crippen LogP contribution < -0.4 is 10.2 Å². The van der Waals surface area contributed by atoms with E-state index < -0.39 is 11.6 Å². The molecule has 6 nitrogen and oxygen atoms in total. The van der Waals surface area contributed by atoms with Crippen LogP contribution in [0.1, 0.15) is 50.0 Å². The molecule has 1 atom stereocenters. The molecule has 0 unspecified atom stereocenters. The number of rotatable bonds is 7. The third-order valence-electron chi connectivity index (χ3n) is 6.13. The van der Waals surface area contributed by atoms with Crippen LogP contribution >= 0.6 is 11.6 Å². The largest absolute Gasteiger partial charge is 0.350 e. The van der Waals surface area contributed by atoms with Gasteiger partial charge in [-0.1, -0.05) is 61.0 Å². The number of halogens is 1. The second-order valence-electron chi connectivity index (χ2n) is 9.85. The lowest BCUT2D eigenvalue weighted by Crippen LogP contribution is -2.55. The van der Waals surface area contributed by atoms with Crippen molar-refractivity contribution in [2.75, 3.05) is 11.4 Å². The second kappa shape index (κ2) is 9.70. The summed E-state index contributed by atoms with van der Waals surface area (Å²) in [5.41, 5.74) is 1.58. The summed E-state index contributed by atoms with van der Waals surface area (Å²) in [5, 5.41) is 5.31. The van der Waals surface area contributed by atoms with E-state index >= 15 is 0 Å². The van der Waals surface area contributed by atoms with Gasteiger partial charge >= 0.3 is 0 Å². The molecule has 0 aromatic heterocycles. The lowest BCUT2D eigenvalue weighted by molar-refractivity contribution is -0.141. The minimum Gasteiger partial charge on any atom is -0.350 e. The second-order valence-corrected chi connectivity index (χ2v) is 10.3. The number of nitrogens with zero attached hydrogens (tertiary/aromatic N) is 2. The van der Waals surface area contributed by atoms with Crippen molar-refractivity contribution in [3.8, 4) is 0 Å². The first-order valence-corrected chi connectivity index (χ1v) is 12.2. The van der Waals surface area contributed by atoms with E-state index in [1.807, 2.05) is 76.2 Å². The molecular formula is C28H30ClN3O3. The van der Waals surface area contributed by atoms with Crippen LogP contribution in [0.15, 0.2) is 60.7 Å². The van der Waals surface area contributed by atoms with E-state index in [9.17, 15) is 14.4 Å². The maximum absolute atomic E-state index is 13.8. The van der Waals surface area contributed by atoms with Gasteiger partial charge in [0.05, 0.1) is 5.69 Å². The van der Waals surface area contributed by atoms with Gasteiger partial charge in [0.15, 0.2) is 0 Å². The molecule has 3 aromatic carbocycles. The summed E-state index contributed by atoms with van der Waals surface area (Å²) >= 11 is 6.41. The normalized spacial score (nSPS) is 13.7. The highest BCUT2D eigenvalue weighted by Crippen LogP contribution is 2.37. The zero-order valence-electron chi connectivity index (χ0n) is 20.5. The van der Waals surface area contributed by atoms with Crippen LogP contribution in [0.3, 0.4) is 0 Å². The zero-order valence-corrected chi connectivity index (χ0v) is 21.2. The van der Waals surface area contributed by atoms with Gasteiger partial charge in [-0.25, -0.2) is 0 Å². The first kappa shape index (κ1) is 24.7. The van der Waals surface area contributed by atoms with Crippen LogP contribution in [-0.4, -0.2) is 40.7 Å². The molecule has 4 rings (SSSR count). The minimum atomic E-state index is -0.714. The molecule has 1 N–H and O–H groups in total. The van der Waals surface area contributed by atoms with Crippen LogP contribution in [0.4, 0.5) is 5.69 Å². The van der Waals surface area contributed by atoms with Gasteiger partial charge in [-0.05, 0) is 56.3 Å². The van der Waals surface area contributed by atoms with Gasteiger partial charge in [-0.15, -0.1) is 0 Å². The lowest BCUT2D eigenvalue weighted by atomic mass is 10.1. The van der Waals surface area contributed by atoms with Gasteiger partial charge in [-0.3, -0.25) is 19.3 Å². The molecule has 3 aromatic rings. The fraction of sp³-hybridized carbons (Fsp3) is 0.321. The molecule has 1 aliphatic rings. The first-order chi connectivity index (χ1) is 16.6. The van der Waals surface area contributed by atoms with Crippen molar-refractivity contribution >= 4 is 45.8 Å². The van der Waals surface area contributed by atoms with Crippen molar-refractivity contribution in [3.05, 3.63) is 76.8 Å². The Kier molecular flexibility index (Phi) is 6.86. The number of carbonyl (C=O) groups is 3. The predicted octanol–water partition coefficient (Wildman–Crippen LogP) is 5.18. The highest BCUT2D eigenvalue weighted by Gasteiger charge is 2.35. The molecule has 0 spiro atoms. The lowest BCUT2D eigenvalue weighted by Gasteiger charge is -2.34. The number of anilines is 1. The summed E-state index contributed by atoms with van der Waals surface area (Å²) in [7, 11) is 0. The standard InChI is InChI=1S/C28H30ClN3O3/c1-5-22(26(34)30-28(2,3)4)31(16-19-10-6-7-14-21(19)29)24(33)17-32-23-15-9-12-18-11-8-13-20(25(18)23)27(32)35/h6-15,22H,5,16-17H2,1-4H3,(H,30,34)/t22-/m0/s1. The van der Waals surface area contributed by atoms with E-state index in [0.29, 0.717) is 22.7 Å². The Morgan fingerprint density at radius 2 is 1.71 bits per heavy atom. The van der Waals surface area contributed by atoms with Crippen molar-refractivity contribution in [2.45, 2.75) is 52.2 Å². The quantitative estimate of drug-likeness (QED) is 0.495. The Morgan fingerprint density at radius 3 is 2.37 bits per heavy atom. The molecule has 0 bridgehead atoms. The molecule has 0 saturated heterocycles. The van der Waals surface area contributed by atoms with Gasteiger partial charge in [0.1, 0.15) is 12.6 Å². The smallest absolute Gasteiger partial charge is 0.259 e. The molecule has 35 heavy (non-hydrogen) atoms. The summed E-state index contributed by atoms with van der Waals surface area (Å²) in [5.74, 6) is -0.771. The van der Waals surface area contributed by atoms with Crippen molar-refractivity contribution in [2.24, 2.45) is 0 Å². The minimum absolute atomic E-state index is 0.160. The zero-order chi connectivity index (χ0) is 25.3. The Morgan fingerprint density at radius 1 is 1.03 bits per heavy atom. The summed E-state index contributed by atoms with van der Waals surface area (Å²) in [6, 6.07) is 17.8. The molecule has 0 saturated carbocycles. The van der Waals surface area contributed by atoms with Crippen molar-refractivity contribution in [3.63, 3.8) is 0 Å². The molecule has 0 fully saturated rings. The van der Waals surface area contributed by atoms with Crippen molar-refractivity contribution in [1.29, 1.82) is 0 Å². The van der Waals surface area contributed by atoms with Crippen LogP contribution in [0.5, 0.6) is 0 Å². The molecule has 1 aliphatic heterocycles. The number of benzene rings is 3. The molecule has 3 amide bonds. The maximum Gasteiger partial charge on any atom is 0.259 e. The summed E-state index contributed by atoms with van der Waals surface area (Å²) in [6.45, 7) is 7.57. The van der Waals surface area contributed by atoms with E-state index in [1.165, 1.54) is 4.90 Å². The third kappa shape index (κ3) is 5.03. The average Bonchev–Trinajstić information content (AvgIpc) is 3.07. The van der Waals surface area contributed by atoms with Crippen LogP contribution in [-0.2, 0) is 16.1 Å². The van der Waals surface area contributed by atoms with Gasteiger partial charge < -0.3 is 10.2 Å². The van der Waals surface area contributed by atoms with Crippen molar-refractivity contribution < 1.29 is 14.4 Å².